The van der Waals surface area contributed by atoms with Crippen LogP contribution in [0.5, 0.6) is 5.75 Å². The van der Waals surface area contributed by atoms with Gasteiger partial charge < -0.3 is 33.5 Å². The molecule has 7 atom stereocenters. The molecule has 0 spiro atoms. The first-order valence-corrected chi connectivity index (χ1v) is 19.6. The molecule has 4 aliphatic heterocycles. The lowest BCUT2D eigenvalue weighted by molar-refractivity contribution is -0.0744. The van der Waals surface area contributed by atoms with Crippen LogP contribution in [0, 0.1) is 11.8 Å². The van der Waals surface area contributed by atoms with Crippen LogP contribution in [0.4, 0.5) is 0 Å². The molecule has 0 aromatic heterocycles. The van der Waals surface area contributed by atoms with Crippen LogP contribution >= 0.6 is 0 Å². The van der Waals surface area contributed by atoms with Gasteiger partial charge in [-0.05, 0) is 68.2 Å². The van der Waals surface area contributed by atoms with Gasteiger partial charge in [-0.2, -0.15) is 0 Å². The highest BCUT2D eigenvalue weighted by Crippen LogP contribution is 2.35. The van der Waals surface area contributed by atoms with E-state index >= 15 is 0 Å². The molecule has 9 nitrogen and oxygen atoms in total. The number of fused-ring (bicyclic) bond motifs is 4. The van der Waals surface area contributed by atoms with E-state index in [1.54, 1.807) is 0 Å². The summed E-state index contributed by atoms with van der Waals surface area (Å²) in [5, 5.41) is 0. The van der Waals surface area contributed by atoms with Crippen LogP contribution in [-0.4, -0.2) is 96.6 Å². The molecule has 0 amide bonds. The van der Waals surface area contributed by atoms with Gasteiger partial charge in [-0.15, -0.1) is 0 Å². The molecule has 0 radical (unpaired) electrons. The zero-order chi connectivity index (χ0) is 35.1. The summed E-state index contributed by atoms with van der Waals surface area (Å²) in [5.41, 5.74) is 5.02. The molecule has 7 unspecified atom stereocenters. The van der Waals surface area contributed by atoms with Crippen molar-refractivity contribution in [2.75, 3.05) is 46.6 Å². The van der Waals surface area contributed by atoms with Crippen molar-refractivity contribution in [1.82, 2.24) is 19.6 Å². The zero-order valence-corrected chi connectivity index (χ0v) is 30.4. The number of hydrogen-bond acceptors (Lipinski definition) is 9. The summed E-state index contributed by atoms with van der Waals surface area (Å²) >= 11 is 0. The topological polar surface area (TPSA) is 59.1 Å². The normalized spacial score (nSPS) is 33.8. The van der Waals surface area contributed by atoms with Gasteiger partial charge in [0, 0.05) is 79.0 Å². The molecule has 0 N–H and O–H groups in total. The van der Waals surface area contributed by atoms with Gasteiger partial charge in [-0.3, -0.25) is 9.80 Å². The fraction of sp³-hybridized carbons (Fsp3) is 0.455. The quantitative estimate of drug-likeness (QED) is 0.308. The van der Waals surface area contributed by atoms with Crippen LogP contribution in [0.2, 0.25) is 0 Å². The smallest absolute Gasteiger partial charge is 0.142 e. The standard InChI is InChI=1S/C44H50N4O5/c1-3-7-41-31(5-1)23-47(29-49-41)37-13-19-43-33(21-37)25-45(27-51-43)35-9-15-39(16-10-35)53-40-17-11-36(12-18-40)46-26-34-22-38(14-20-44(34)52-28-46)48-24-32-6-2-4-8-42(32)50-30-48/h1,3-5,7-9,11-12,14-17,19-22,32,34-35,37,40,42,44H,2,6,10,13,18,23-30H2. The van der Waals surface area contributed by atoms with Gasteiger partial charge in [-0.1, -0.05) is 60.7 Å². The first-order valence-electron chi connectivity index (χ1n) is 19.6. The van der Waals surface area contributed by atoms with E-state index in [0.29, 0.717) is 44.8 Å². The number of rotatable bonds is 6. The molecule has 4 heterocycles. The Morgan fingerprint density at radius 3 is 2.43 bits per heavy atom. The van der Waals surface area contributed by atoms with Crippen molar-refractivity contribution in [2.24, 2.45) is 11.8 Å². The molecule has 276 valence electrons. The predicted molar refractivity (Wildman–Crippen MR) is 203 cm³/mol. The summed E-state index contributed by atoms with van der Waals surface area (Å²) in [4.78, 5) is 9.61. The summed E-state index contributed by atoms with van der Waals surface area (Å²) in [6.07, 6.45) is 34.9. The lowest BCUT2D eigenvalue weighted by Gasteiger charge is -2.43. The molecule has 9 heteroatoms. The number of allylic oxidation sites excluding steroid dienone is 4. The van der Waals surface area contributed by atoms with E-state index in [2.05, 4.69) is 117 Å². The predicted octanol–water partition coefficient (Wildman–Crippen LogP) is 6.50. The van der Waals surface area contributed by atoms with Crippen LogP contribution in [0.15, 0.2) is 132 Å². The largest absolute Gasteiger partial charge is 0.486 e. The number of hydrogen-bond donors (Lipinski definition) is 0. The van der Waals surface area contributed by atoms with Gasteiger partial charge in [0.15, 0.2) is 0 Å². The molecule has 3 fully saturated rings. The monoisotopic (exact) mass is 714 g/mol. The Hall–Kier alpha value is -4.28. The van der Waals surface area contributed by atoms with Gasteiger partial charge in [0.2, 0.25) is 0 Å². The van der Waals surface area contributed by atoms with E-state index in [0.717, 1.165) is 69.1 Å². The van der Waals surface area contributed by atoms with Gasteiger partial charge >= 0.3 is 0 Å². The van der Waals surface area contributed by atoms with Gasteiger partial charge in [0.25, 0.3) is 0 Å². The van der Waals surface area contributed by atoms with Crippen molar-refractivity contribution < 1.29 is 23.7 Å². The minimum absolute atomic E-state index is 0.0207. The summed E-state index contributed by atoms with van der Waals surface area (Å²) in [7, 11) is 0. The fourth-order valence-corrected chi connectivity index (χ4v) is 9.20. The molecule has 3 saturated heterocycles. The highest BCUT2D eigenvalue weighted by atomic mass is 16.5. The van der Waals surface area contributed by atoms with Gasteiger partial charge in [-0.25, -0.2) is 0 Å². The zero-order valence-electron chi connectivity index (χ0n) is 30.4. The lowest BCUT2D eigenvalue weighted by atomic mass is 9.89. The fourth-order valence-electron chi connectivity index (χ4n) is 9.20. The maximum atomic E-state index is 6.47. The molecule has 53 heavy (non-hydrogen) atoms. The van der Waals surface area contributed by atoms with Crippen LogP contribution in [0.25, 0.3) is 0 Å². The first-order chi connectivity index (χ1) is 26.2. The summed E-state index contributed by atoms with van der Waals surface area (Å²) in [6, 6.07) is 8.95. The SMILES string of the molecule is C1=CC2OCN(C3=CC4CN(C5=CCC(OC6=CCC(N7COC8=CCC(N9COc%10ccccc%10C9)C=C8C7)C=C6)C=C5)COC4C=C3)CC2CC1. The van der Waals surface area contributed by atoms with Gasteiger partial charge in [0.05, 0.1) is 12.2 Å². The van der Waals surface area contributed by atoms with Crippen molar-refractivity contribution in [3.63, 3.8) is 0 Å². The highest BCUT2D eigenvalue weighted by molar-refractivity contribution is 5.38. The Labute approximate surface area is 313 Å². The molecule has 1 aromatic rings. The van der Waals surface area contributed by atoms with Crippen molar-refractivity contribution in [1.29, 1.82) is 0 Å². The number of benzene rings is 1. The Balaban J connectivity index is 0.704. The minimum Gasteiger partial charge on any atom is -0.486 e. The maximum absolute atomic E-state index is 6.47. The van der Waals surface area contributed by atoms with Crippen molar-refractivity contribution in [3.8, 4) is 5.75 Å². The van der Waals surface area contributed by atoms with Crippen LogP contribution in [0.1, 0.15) is 37.7 Å². The van der Waals surface area contributed by atoms with Crippen molar-refractivity contribution in [2.45, 2.75) is 69.0 Å². The molecule has 0 bridgehead atoms. The maximum Gasteiger partial charge on any atom is 0.142 e. The second kappa shape index (κ2) is 14.5. The molecular formula is C44H50N4O5. The van der Waals surface area contributed by atoms with Crippen molar-refractivity contribution in [3.05, 3.63) is 137 Å². The van der Waals surface area contributed by atoms with Gasteiger partial charge in [0.1, 0.15) is 50.3 Å². The third-order valence-electron chi connectivity index (χ3n) is 12.3. The Morgan fingerprint density at radius 1 is 0.679 bits per heavy atom. The number of ether oxygens (including phenoxy) is 5. The summed E-state index contributed by atoms with van der Waals surface area (Å²) in [5.74, 6) is 3.88. The molecular weight excluding hydrogens is 665 g/mol. The third-order valence-corrected chi connectivity index (χ3v) is 12.3. The van der Waals surface area contributed by atoms with E-state index < -0.39 is 0 Å². The highest BCUT2D eigenvalue weighted by Gasteiger charge is 2.35. The number of nitrogens with zero attached hydrogens (tertiary/aromatic N) is 4. The second-order valence-electron chi connectivity index (χ2n) is 15.7. The van der Waals surface area contributed by atoms with E-state index in [9.17, 15) is 0 Å². The Kier molecular flexibility index (Phi) is 9.12. The van der Waals surface area contributed by atoms with Crippen LogP contribution in [0.3, 0.4) is 0 Å². The van der Waals surface area contributed by atoms with E-state index in [1.807, 2.05) is 6.07 Å². The Bertz CT molecular complexity index is 1850. The minimum atomic E-state index is 0.0207. The molecule has 9 aliphatic rings. The van der Waals surface area contributed by atoms with Crippen LogP contribution in [-0.2, 0) is 25.5 Å². The molecule has 10 rings (SSSR count). The van der Waals surface area contributed by atoms with E-state index in [-0.39, 0.29) is 24.4 Å². The molecule has 1 aromatic carbocycles. The van der Waals surface area contributed by atoms with E-state index in [1.165, 1.54) is 29.0 Å². The third kappa shape index (κ3) is 6.96. The summed E-state index contributed by atoms with van der Waals surface area (Å²) in [6.45, 7) is 6.26. The summed E-state index contributed by atoms with van der Waals surface area (Å²) < 4.78 is 31.4. The molecule has 0 saturated carbocycles. The van der Waals surface area contributed by atoms with E-state index in [4.69, 9.17) is 23.7 Å². The first kappa shape index (κ1) is 33.3. The average Bonchev–Trinajstić information content (AvgIpc) is 3.23. The molecule has 5 aliphatic carbocycles. The van der Waals surface area contributed by atoms with Crippen molar-refractivity contribution >= 4 is 0 Å². The van der Waals surface area contributed by atoms with Crippen LogP contribution < -0.4 is 4.74 Å². The Morgan fingerprint density at radius 2 is 1.53 bits per heavy atom. The average molecular weight is 715 g/mol. The lowest BCUT2D eigenvalue weighted by Crippen LogP contribution is -2.47. The second-order valence-corrected chi connectivity index (χ2v) is 15.7. The number of para-hydroxylation sites is 1.